The molecular formula is C18H25NO3SSi. The van der Waals surface area contributed by atoms with Crippen LogP contribution in [0.3, 0.4) is 0 Å². The van der Waals surface area contributed by atoms with Crippen molar-refractivity contribution in [3.05, 3.63) is 57.2 Å². The summed E-state index contributed by atoms with van der Waals surface area (Å²) in [6.45, 7) is 11.9. The molecule has 0 spiro atoms. The highest BCUT2D eigenvalue weighted by Crippen LogP contribution is 2.36. The van der Waals surface area contributed by atoms with Gasteiger partial charge in [-0.2, -0.15) is 0 Å². The third-order valence-corrected chi connectivity index (χ3v) is 10.2. The second kappa shape index (κ2) is 7.17. The Bertz CT molecular complexity index is 757. The van der Waals surface area contributed by atoms with Crippen LogP contribution >= 0.6 is 11.5 Å². The predicted molar refractivity (Wildman–Crippen MR) is 102 cm³/mol. The molecule has 6 heteroatoms. The van der Waals surface area contributed by atoms with Gasteiger partial charge in [0.15, 0.2) is 8.32 Å². The van der Waals surface area contributed by atoms with Gasteiger partial charge in [0.05, 0.1) is 18.0 Å². The highest BCUT2D eigenvalue weighted by molar-refractivity contribution is 7.08. The molecule has 0 aliphatic heterocycles. The van der Waals surface area contributed by atoms with Crippen molar-refractivity contribution in [2.75, 3.05) is 6.61 Å². The van der Waals surface area contributed by atoms with Crippen molar-refractivity contribution in [3.8, 4) is 0 Å². The van der Waals surface area contributed by atoms with E-state index in [-0.39, 0.29) is 16.4 Å². The van der Waals surface area contributed by atoms with Crippen LogP contribution < -0.4 is 5.56 Å². The summed E-state index contributed by atoms with van der Waals surface area (Å²) in [5.74, 6) is -0.109. The highest BCUT2D eigenvalue weighted by atomic mass is 32.1. The quantitative estimate of drug-likeness (QED) is 0.572. The molecule has 0 saturated carbocycles. The van der Waals surface area contributed by atoms with Crippen LogP contribution in [0, 0.1) is 0 Å². The van der Waals surface area contributed by atoms with Crippen LogP contribution in [0.25, 0.3) is 0 Å². The van der Waals surface area contributed by atoms with Gasteiger partial charge in [-0.25, -0.2) is 0 Å². The zero-order chi connectivity index (χ0) is 18.0. The first-order chi connectivity index (χ1) is 11.1. The molecule has 0 atom stereocenters. The molecule has 2 aromatic rings. The van der Waals surface area contributed by atoms with Crippen molar-refractivity contribution in [2.45, 2.75) is 45.4 Å². The fraction of sp³-hybridized carbons (Fsp3) is 0.444. The SMILES string of the molecule is CC(C)(C)[Si](C)(C)OCCn1sc(C(=O)c2ccccc2)cc1=O. The second-order valence-electron chi connectivity index (χ2n) is 7.34. The van der Waals surface area contributed by atoms with E-state index in [1.54, 1.807) is 16.1 Å². The molecule has 0 bridgehead atoms. The first kappa shape index (κ1) is 18.8. The van der Waals surface area contributed by atoms with Gasteiger partial charge in [0, 0.05) is 11.6 Å². The standard InChI is InChI=1S/C18H25NO3SSi/c1-18(2,3)24(4,5)22-12-11-19-16(20)13-15(23-19)17(21)14-9-7-6-8-10-14/h6-10,13H,11-12H2,1-5H3. The molecule has 0 aliphatic carbocycles. The molecule has 0 N–H and O–H groups in total. The average molecular weight is 364 g/mol. The lowest BCUT2D eigenvalue weighted by atomic mass is 10.1. The smallest absolute Gasteiger partial charge is 0.261 e. The Morgan fingerprint density at radius 3 is 2.42 bits per heavy atom. The van der Waals surface area contributed by atoms with Crippen LogP contribution in [-0.4, -0.2) is 24.7 Å². The summed E-state index contributed by atoms with van der Waals surface area (Å²) in [5.41, 5.74) is 0.460. The molecule has 0 unspecified atom stereocenters. The zero-order valence-electron chi connectivity index (χ0n) is 15.0. The third-order valence-electron chi connectivity index (χ3n) is 4.53. The molecule has 4 nitrogen and oxygen atoms in total. The highest BCUT2D eigenvalue weighted by Gasteiger charge is 2.36. The maximum atomic E-state index is 12.4. The number of ketones is 1. The number of aromatic nitrogens is 1. The maximum Gasteiger partial charge on any atom is 0.261 e. The Balaban J connectivity index is 2.05. The van der Waals surface area contributed by atoms with Gasteiger partial charge in [0.25, 0.3) is 5.56 Å². The molecule has 0 radical (unpaired) electrons. The van der Waals surface area contributed by atoms with Gasteiger partial charge in [0.2, 0.25) is 5.78 Å². The van der Waals surface area contributed by atoms with Gasteiger partial charge in [-0.15, -0.1) is 0 Å². The first-order valence-electron chi connectivity index (χ1n) is 8.07. The molecule has 0 saturated heterocycles. The number of hydrogen-bond acceptors (Lipinski definition) is 4. The van der Waals surface area contributed by atoms with Gasteiger partial charge in [-0.1, -0.05) is 62.6 Å². The number of rotatable bonds is 6. The minimum Gasteiger partial charge on any atom is -0.415 e. The zero-order valence-corrected chi connectivity index (χ0v) is 16.8. The van der Waals surface area contributed by atoms with Crippen LogP contribution in [0.1, 0.15) is 36.0 Å². The normalized spacial score (nSPS) is 12.4. The van der Waals surface area contributed by atoms with Gasteiger partial charge in [-0.05, 0) is 18.1 Å². The van der Waals surface area contributed by atoms with Gasteiger partial charge in [-0.3, -0.25) is 13.5 Å². The Morgan fingerprint density at radius 1 is 1.21 bits per heavy atom. The van der Waals surface area contributed by atoms with E-state index in [9.17, 15) is 9.59 Å². The Labute approximate surface area is 148 Å². The summed E-state index contributed by atoms with van der Waals surface area (Å²) in [7, 11) is -1.82. The molecule has 2 rings (SSSR count). The van der Waals surface area contributed by atoms with E-state index in [0.717, 1.165) is 0 Å². The van der Waals surface area contributed by atoms with Crippen LogP contribution in [0.4, 0.5) is 0 Å². The lowest BCUT2D eigenvalue weighted by Gasteiger charge is -2.36. The fourth-order valence-electron chi connectivity index (χ4n) is 1.97. The molecule has 0 fully saturated rings. The van der Waals surface area contributed by atoms with Crippen molar-refractivity contribution in [1.29, 1.82) is 0 Å². The molecule has 1 aromatic heterocycles. The molecule has 130 valence electrons. The van der Waals surface area contributed by atoms with Crippen molar-refractivity contribution in [2.24, 2.45) is 0 Å². The van der Waals surface area contributed by atoms with E-state index in [0.29, 0.717) is 23.6 Å². The minimum atomic E-state index is -1.82. The Kier molecular flexibility index (Phi) is 5.62. The summed E-state index contributed by atoms with van der Waals surface area (Å²) >= 11 is 1.21. The van der Waals surface area contributed by atoms with E-state index < -0.39 is 8.32 Å². The number of hydrogen-bond donors (Lipinski definition) is 0. The second-order valence-corrected chi connectivity index (χ2v) is 13.2. The monoisotopic (exact) mass is 363 g/mol. The van der Waals surface area contributed by atoms with Crippen molar-refractivity contribution in [3.63, 3.8) is 0 Å². The van der Waals surface area contributed by atoms with Gasteiger partial charge >= 0.3 is 0 Å². The molecule has 24 heavy (non-hydrogen) atoms. The molecular weight excluding hydrogens is 338 g/mol. The number of nitrogens with zero attached hydrogens (tertiary/aromatic N) is 1. The number of benzene rings is 1. The average Bonchev–Trinajstić information content (AvgIpc) is 2.87. The summed E-state index contributed by atoms with van der Waals surface area (Å²) in [6.07, 6.45) is 0. The first-order valence-corrected chi connectivity index (χ1v) is 11.7. The molecule has 0 aliphatic rings. The van der Waals surface area contributed by atoms with Crippen LogP contribution in [0.5, 0.6) is 0 Å². The summed E-state index contributed by atoms with van der Waals surface area (Å²) in [6, 6.07) is 10.4. The Hall–Kier alpha value is -1.50. The fourth-order valence-corrected chi connectivity index (χ4v) is 3.90. The van der Waals surface area contributed by atoms with Crippen LogP contribution in [0.2, 0.25) is 18.1 Å². The minimum absolute atomic E-state index is 0.109. The summed E-state index contributed by atoms with van der Waals surface area (Å²) in [5, 5.41) is 0.141. The van der Waals surface area contributed by atoms with Crippen LogP contribution in [0.15, 0.2) is 41.2 Å². The summed E-state index contributed by atoms with van der Waals surface area (Å²) in [4.78, 5) is 25.0. The largest absolute Gasteiger partial charge is 0.415 e. The van der Waals surface area contributed by atoms with Crippen molar-refractivity contribution < 1.29 is 9.22 Å². The van der Waals surface area contributed by atoms with Crippen LogP contribution in [-0.2, 0) is 11.0 Å². The lowest BCUT2D eigenvalue weighted by molar-refractivity contribution is 0.104. The maximum absolute atomic E-state index is 12.4. The predicted octanol–water partition coefficient (Wildman–Crippen LogP) is 4.16. The van der Waals surface area contributed by atoms with E-state index in [2.05, 4.69) is 33.9 Å². The van der Waals surface area contributed by atoms with E-state index in [1.807, 2.05) is 18.2 Å². The number of carbonyl (C=O) groups excluding carboxylic acids is 1. The lowest BCUT2D eigenvalue weighted by Crippen LogP contribution is -2.41. The molecule has 1 aromatic carbocycles. The van der Waals surface area contributed by atoms with Crippen molar-refractivity contribution in [1.82, 2.24) is 3.96 Å². The Morgan fingerprint density at radius 2 is 1.83 bits per heavy atom. The van der Waals surface area contributed by atoms with Gasteiger partial charge < -0.3 is 4.43 Å². The summed E-state index contributed by atoms with van der Waals surface area (Å²) < 4.78 is 7.71. The van der Waals surface area contributed by atoms with E-state index in [1.165, 1.54) is 17.6 Å². The van der Waals surface area contributed by atoms with Crippen molar-refractivity contribution >= 4 is 25.6 Å². The van der Waals surface area contributed by atoms with E-state index in [4.69, 9.17) is 4.43 Å². The molecule has 0 amide bonds. The number of carbonyl (C=O) groups is 1. The van der Waals surface area contributed by atoms with Gasteiger partial charge in [0.1, 0.15) is 0 Å². The third kappa shape index (κ3) is 4.31. The topological polar surface area (TPSA) is 48.3 Å². The molecule has 1 heterocycles. The van der Waals surface area contributed by atoms with E-state index >= 15 is 0 Å².